The number of hydrogen-bond donors (Lipinski definition) is 1. The Hall–Kier alpha value is -0.570. The van der Waals surface area contributed by atoms with E-state index in [0.29, 0.717) is 6.04 Å². The molecule has 14 heavy (non-hydrogen) atoms. The van der Waals surface area contributed by atoms with Gasteiger partial charge in [-0.25, -0.2) is 0 Å². The van der Waals surface area contributed by atoms with Crippen LogP contribution in [-0.2, 0) is 11.2 Å². The van der Waals surface area contributed by atoms with Gasteiger partial charge >= 0.3 is 0 Å². The first kappa shape index (κ1) is 11.5. The van der Waals surface area contributed by atoms with E-state index in [4.69, 9.17) is 4.74 Å². The second kappa shape index (κ2) is 4.78. The highest BCUT2D eigenvalue weighted by Gasteiger charge is 2.30. The van der Waals surface area contributed by atoms with Gasteiger partial charge in [-0.1, -0.05) is 24.3 Å². The Kier molecular flexibility index (Phi) is 3.93. The number of likely N-dealkylation sites (N-methyl/N-ethyl adjacent to an activating group) is 1. The molecular weight excluding hydrogens is 198 g/mol. The van der Waals surface area contributed by atoms with Crippen LogP contribution in [0, 0.1) is 0 Å². The zero-order valence-corrected chi connectivity index (χ0v) is 9.30. The van der Waals surface area contributed by atoms with Crippen LogP contribution < -0.4 is 5.32 Å². The third-order valence-electron chi connectivity index (χ3n) is 2.79. The predicted molar refractivity (Wildman–Crippen MR) is 60.0 cm³/mol. The smallest absolute Gasteiger partial charge is 0.0979 e. The summed E-state index contributed by atoms with van der Waals surface area (Å²) < 4.78 is 5.48. The number of rotatable bonds is 2. The second-order valence-corrected chi connectivity index (χ2v) is 3.45. The SMILES string of the molecule is CN[C@@H]1Cc2ccccc2[C@@H]1OC.Cl. The topological polar surface area (TPSA) is 21.3 Å². The summed E-state index contributed by atoms with van der Waals surface area (Å²) in [6.07, 6.45) is 1.30. The Morgan fingerprint density at radius 3 is 2.71 bits per heavy atom. The van der Waals surface area contributed by atoms with Gasteiger partial charge in [-0.15, -0.1) is 12.4 Å². The number of benzene rings is 1. The molecule has 78 valence electrons. The fraction of sp³-hybridized carbons (Fsp3) is 0.455. The number of halogens is 1. The van der Waals surface area contributed by atoms with Crippen LogP contribution in [0.3, 0.4) is 0 Å². The van der Waals surface area contributed by atoms with Gasteiger partial charge in [0.05, 0.1) is 6.10 Å². The lowest BCUT2D eigenvalue weighted by Gasteiger charge is -2.17. The average molecular weight is 214 g/mol. The van der Waals surface area contributed by atoms with Crippen LogP contribution in [-0.4, -0.2) is 20.2 Å². The van der Waals surface area contributed by atoms with Gasteiger partial charge in [-0.05, 0) is 24.6 Å². The molecule has 0 fully saturated rings. The van der Waals surface area contributed by atoms with Crippen LogP contribution >= 0.6 is 12.4 Å². The number of methoxy groups -OCH3 is 1. The molecule has 3 heteroatoms. The molecule has 0 aromatic heterocycles. The third-order valence-corrected chi connectivity index (χ3v) is 2.79. The highest BCUT2D eigenvalue weighted by molar-refractivity contribution is 5.85. The molecule has 1 aliphatic carbocycles. The van der Waals surface area contributed by atoms with Crippen LogP contribution in [0.25, 0.3) is 0 Å². The van der Waals surface area contributed by atoms with E-state index >= 15 is 0 Å². The van der Waals surface area contributed by atoms with E-state index in [9.17, 15) is 0 Å². The Balaban J connectivity index is 0.000000980. The first-order valence-electron chi connectivity index (χ1n) is 4.64. The largest absolute Gasteiger partial charge is 0.375 e. The van der Waals surface area contributed by atoms with Crippen molar-refractivity contribution in [3.63, 3.8) is 0 Å². The molecule has 0 saturated carbocycles. The van der Waals surface area contributed by atoms with Crippen molar-refractivity contribution in [2.75, 3.05) is 14.2 Å². The van der Waals surface area contributed by atoms with Crippen LogP contribution in [0.15, 0.2) is 24.3 Å². The van der Waals surface area contributed by atoms with Gasteiger partial charge in [0.25, 0.3) is 0 Å². The standard InChI is InChI=1S/C11H15NO.ClH/c1-12-10-7-8-5-3-4-6-9(8)11(10)13-2;/h3-6,10-12H,7H2,1-2H3;1H/t10-,11+;/m1./s1. The molecule has 0 unspecified atom stereocenters. The lowest BCUT2D eigenvalue weighted by molar-refractivity contribution is 0.0809. The molecule has 1 aromatic rings. The van der Waals surface area contributed by atoms with Crippen molar-refractivity contribution < 1.29 is 4.74 Å². The van der Waals surface area contributed by atoms with Crippen molar-refractivity contribution in [2.45, 2.75) is 18.6 Å². The van der Waals surface area contributed by atoms with Crippen molar-refractivity contribution in [2.24, 2.45) is 0 Å². The molecule has 2 atom stereocenters. The Morgan fingerprint density at radius 1 is 1.36 bits per heavy atom. The molecule has 0 aliphatic heterocycles. The Bertz CT molecular complexity index is 303. The summed E-state index contributed by atoms with van der Waals surface area (Å²) in [5.74, 6) is 0. The zero-order valence-electron chi connectivity index (χ0n) is 8.49. The minimum Gasteiger partial charge on any atom is -0.375 e. The van der Waals surface area contributed by atoms with E-state index in [1.165, 1.54) is 11.1 Å². The number of hydrogen-bond acceptors (Lipinski definition) is 2. The first-order chi connectivity index (χ1) is 6.36. The molecule has 1 N–H and O–H groups in total. The molecule has 2 nitrogen and oxygen atoms in total. The highest BCUT2D eigenvalue weighted by atomic mass is 35.5. The third kappa shape index (κ3) is 1.78. The van der Waals surface area contributed by atoms with Gasteiger partial charge in [0, 0.05) is 13.2 Å². The Morgan fingerprint density at radius 2 is 2.07 bits per heavy atom. The molecular formula is C11H16ClNO. The average Bonchev–Trinajstić information content (AvgIpc) is 2.55. The number of ether oxygens (including phenoxy) is 1. The van der Waals surface area contributed by atoms with Gasteiger partial charge in [-0.3, -0.25) is 0 Å². The van der Waals surface area contributed by atoms with E-state index in [-0.39, 0.29) is 18.5 Å². The van der Waals surface area contributed by atoms with Gasteiger partial charge < -0.3 is 10.1 Å². The molecule has 0 spiro atoms. The van der Waals surface area contributed by atoms with Gasteiger partial charge in [0.1, 0.15) is 0 Å². The van der Waals surface area contributed by atoms with E-state index < -0.39 is 0 Å². The minimum absolute atomic E-state index is 0. The molecule has 2 rings (SSSR count). The summed E-state index contributed by atoms with van der Waals surface area (Å²) >= 11 is 0. The maximum atomic E-state index is 5.48. The second-order valence-electron chi connectivity index (χ2n) is 3.45. The maximum absolute atomic E-state index is 5.48. The monoisotopic (exact) mass is 213 g/mol. The number of fused-ring (bicyclic) bond motifs is 1. The van der Waals surface area contributed by atoms with E-state index in [1.54, 1.807) is 7.11 Å². The van der Waals surface area contributed by atoms with E-state index in [0.717, 1.165) is 6.42 Å². The molecule has 0 radical (unpaired) electrons. The summed E-state index contributed by atoms with van der Waals surface area (Å²) in [4.78, 5) is 0. The van der Waals surface area contributed by atoms with Crippen molar-refractivity contribution in [1.82, 2.24) is 5.32 Å². The molecule has 1 aromatic carbocycles. The fourth-order valence-electron chi connectivity index (χ4n) is 2.10. The van der Waals surface area contributed by atoms with E-state index in [2.05, 4.69) is 29.6 Å². The summed E-state index contributed by atoms with van der Waals surface area (Å²) in [6, 6.07) is 8.92. The summed E-state index contributed by atoms with van der Waals surface area (Å²) in [6.45, 7) is 0. The number of nitrogens with one attached hydrogen (secondary N) is 1. The van der Waals surface area contributed by atoms with Gasteiger partial charge in [0.2, 0.25) is 0 Å². The fourth-order valence-corrected chi connectivity index (χ4v) is 2.10. The van der Waals surface area contributed by atoms with E-state index in [1.807, 2.05) is 7.05 Å². The van der Waals surface area contributed by atoms with Crippen molar-refractivity contribution in [3.05, 3.63) is 35.4 Å². The molecule has 0 heterocycles. The summed E-state index contributed by atoms with van der Waals surface area (Å²) in [5.41, 5.74) is 2.75. The van der Waals surface area contributed by atoms with Crippen LogP contribution in [0.2, 0.25) is 0 Å². The summed E-state index contributed by atoms with van der Waals surface area (Å²) in [5, 5.41) is 3.29. The Labute approximate surface area is 91.1 Å². The van der Waals surface area contributed by atoms with Crippen molar-refractivity contribution in [1.29, 1.82) is 0 Å². The summed E-state index contributed by atoms with van der Waals surface area (Å²) in [7, 11) is 3.76. The van der Waals surface area contributed by atoms with Crippen LogP contribution in [0.4, 0.5) is 0 Å². The minimum atomic E-state index is 0. The lowest BCUT2D eigenvalue weighted by atomic mass is 10.1. The molecule has 0 bridgehead atoms. The van der Waals surface area contributed by atoms with Crippen LogP contribution in [0.5, 0.6) is 0 Å². The molecule has 0 amide bonds. The van der Waals surface area contributed by atoms with Gasteiger partial charge in [-0.2, -0.15) is 0 Å². The molecule has 0 saturated heterocycles. The molecule has 1 aliphatic rings. The first-order valence-corrected chi connectivity index (χ1v) is 4.64. The van der Waals surface area contributed by atoms with Crippen LogP contribution in [0.1, 0.15) is 17.2 Å². The van der Waals surface area contributed by atoms with Crippen molar-refractivity contribution in [3.8, 4) is 0 Å². The zero-order chi connectivity index (χ0) is 9.26. The van der Waals surface area contributed by atoms with Crippen molar-refractivity contribution >= 4 is 12.4 Å². The predicted octanol–water partition coefficient (Wildman–Crippen LogP) is 1.94. The maximum Gasteiger partial charge on any atom is 0.0979 e. The normalized spacial score (nSPS) is 24.1. The quantitative estimate of drug-likeness (QED) is 0.811. The highest BCUT2D eigenvalue weighted by Crippen LogP contribution is 2.33. The van der Waals surface area contributed by atoms with Gasteiger partial charge in [0.15, 0.2) is 0 Å². The lowest BCUT2D eigenvalue weighted by Crippen LogP contribution is -2.30.